The number of hydrogen-bond donors (Lipinski definition) is 1. The highest BCUT2D eigenvalue weighted by atomic mass is 35.5. The van der Waals surface area contributed by atoms with Crippen molar-refractivity contribution < 1.29 is 4.79 Å². The number of thiophene rings is 1. The molecule has 0 bridgehead atoms. The summed E-state index contributed by atoms with van der Waals surface area (Å²) >= 11 is 1.63. The summed E-state index contributed by atoms with van der Waals surface area (Å²) in [7, 11) is 0. The zero-order valence-corrected chi connectivity index (χ0v) is 14.2. The van der Waals surface area contributed by atoms with Crippen LogP contribution >= 0.6 is 23.7 Å². The van der Waals surface area contributed by atoms with Gasteiger partial charge in [0.2, 0.25) is 0 Å². The first-order chi connectivity index (χ1) is 9.11. The van der Waals surface area contributed by atoms with Crippen LogP contribution in [0, 0.1) is 19.8 Å². The van der Waals surface area contributed by atoms with Crippen molar-refractivity contribution in [3.8, 4) is 0 Å². The lowest BCUT2D eigenvalue weighted by Crippen LogP contribution is -2.40. The molecular weight excluding hydrogens is 292 g/mol. The predicted octanol–water partition coefficient (Wildman–Crippen LogP) is 3.25. The molecule has 2 heterocycles. The van der Waals surface area contributed by atoms with Gasteiger partial charge >= 0.3 is 0 Å². The number of carbonyl (C=O) groups is 1. The first kappa shape index (κ1) is 17.5. The van der Waals surface area contributed by atoms with Gasteiger partial charge in [0.25, 0.3) is 5.91 Å². The SMILES string of the molecule is CCNCC1CCN(C(=O)c2cc(C)c(C)s2)CC1.Cl. The number of piperidine rings is 1. The zero-order valence-electron chi connectivity index (χ0n) is 12.6. The summed E-state index contributed by atoms with van der Waals surface area (Å²) in [5.74, 6) is 0.957. The van der Waals surface area contributed by atoms with E-state index in [1.807, 2.05) is 11.0 Å². The first-order valence-corrected chi connectivity index (χ1v) is 8.00. The van der Waals surface area contributed by atoms with Crippen LogP contribution in [-0.4, -0.2) is 37.0 Å². The minimum absolute atomic E-state index is 0. The number of amides is 1. The Bertz CT molecular complexity index is 420. The molecule has 20 heavy (non-hydrogen) atoms. The summed E-state index contributed by atoms with van der Waals surface area (Å²) in [6.45, 7) is 10.2. The average Bonchev–Trinajstić information content (AvgIpc) is 2.76. The van der Waals surface area contributed by atoms with Gasteiger partial charge in [-0.15, -0.1) is 23.7 Å². The van der Waals surface area contributed by atoms with Crippen LogP contribution in [0.5, 0.6) is 0 Å². The Balaban J connectivity index is 0.00000200. The molecule has 1 fully saturated rings. The molecule has 0 aromatic carbocycles. The molecule has 3 nitrogen and oxygen atoms in total. The van der Waals surface area contributed by atoms with E-state index in [0.717, 1.165) is 49.8 Å². The highest BCUT2D eigenvalue weighted by molar-refractivity contribution is 7.14. The standard InChI is InChI=1S/C15H24N2OS.ClH/c1-4-16-10-13-5-7-17(8-6-13)15(18)14-9-11(2)12(3)19-14;/h9,13,16H,4-8,10H2,1-3H3;1H. The van der Waals surface area contributed by atoms with Gasteiger partial charge in [0.15, 0.2) is 0 Å². The topological polar surface area (TPSA) is 32.3 Å². The fourth-order valence-electron chi connectivity index (χ4n) is 2.52. The Morgan fingerprint density at radius 1 is 1.40 bits per heavy atom. The normalized spacial score (nSPS) is 16.1. The second-order valence-corrected chi connectivity index (χ2v) is 6.65. The summed E-state index contributed by atoms with van der Waals surface area (Å²) in [4.78, 5) is 16.6. The summed E-state index contributed by atoms with van der Waals surface area (Å²) in [5.41, 5.74) is 1.23. The molecule has 1 amide bonds. The lowest BCUT2D eigenvalue weighted by Gasteiger charge is -2.31. The Kier molecular flexibility index (Phi) is 7.00. The lowest BCUT2D eigenvalue weighted by molar-refractivity contribution is 0.0695. The van der Waals surface area contributed by atoms with Crippen molar-refractivity contribution in [2.45, 2.75) is 33.6 Å². The van der Waals surface area contributed by atoms with Crippen LogP contribution in [0.15, 0.2) is 6.07 Å². The van der Waals surface area contributed by atoms with Crippen molar-refractivity contribution in [2.75, 3.05) is 26.2 Å². The van der Waals surface area contributed by atoms with E-state index in [1.54, 1.807) is 11.3 Å². The third-order valence-electron chi connectivity index (χ3n) is 3.96. The number of aryl methyl sites for hydroxylation is 2. The second-order valence-electron chi connectivity index (χ2n) is 5.39. The Hall–Kier alpha value is -0.580. The largest absolute Gasteiger partial charge is 0.338 e. The maximum absolute atomic E-state index is 12.4. The van der Waals surface area contributed by atoms with Crippen molar-refractivity contribution in [2.24, 2.45) is 5.92 Å². The fourth-order valence-corrected chi connectivity index (χ4v) is 3.52. The number of hydrogen-bond acceptors (Lipinski definition) is 3. The molecule has 1 saturated heterocycles. The van der Waals surface area contributed by atoms with E-state index in [0.29, 0.717) is 0 Å². The summed E-state index contributed by atoms with van der Waals surface area (Å²) in [6.07, 6.45) is 2.25. The highest BCUT2D eigenvalue weighted by Gasteiger charge is 2.24. The van der Waals surface area contributed by atoms with Gasteiger partial charge in [-0.25, -0.2) is 0 Å². The van der Waals surface area contributed by atoms with E-state index in [2.05, 4.69) is 26.1 Å². The average molecular weight is 317 g/mol. The molecule has 0 radical (unpaired) electrons. The van der Waals surface area contributed by atoms with Crippen LogP contribution in [0.4, 0.5) is 0 Å². The van der Waals surface area contributed by atoms with E-state index in [-0.39, 0.29) is 18.3 Å². The molecule has 0 unspecified atom stereocenters. The number of nitrogens with zero attached hydrogens (tertiary/aromatic N) is 1. The number of carbonyl (C=O) groups excluding carboxylic acids is 1. The van der Waals surface area contributed by atoms with E-state index in [1.165, 1.54) is 10.4 Å². The van der Waals surface area contributed by atoms with Gasteiger partial charge in [0.1, 0.15) is 0 Å². The molecule has 0 spiro atoms. The minimum Gasteiger partial charge on any atom is -0.338 e. The Morgan fingerprint density at radius 2 is 2.05 bits per heavy atom. The summed E-state index contributed by atoms with van der Waals surface area (Å²) in [6, 6.07) is 2.03. The Morgan fingerprint density at radius 3 is 2.55 bits per heavy atom. The smallest absolute Gasteiger partial charge is 0.263 e. The molecule has 1 N–H and O–H groups in total. The van der Waals surface area contributed by atoms with Crippen LogP contribution in [0.1, 0.15) is 39.9 Å². The van der Waals surface area contributed by atoms with Gasteiger partial charge in [-0.3, -0.25) is 4.79 Å². The van der Waals surface area contributed by atoms with Crippen molar-refractivity contribution in [1.82, 2.24) is 10.2 Å². The Labute approximate surface area is 132 Å². The molecule has 1 aliphatic heterocycles. The summed E-state index contributed by atoms with van der Waals surface area (Å²) < 4.78 is 0. The number of rotatable bonds is 4. The van der Waals surface area contributed by atoms with Gasteiger partial charge in [0.05, 0.1) is 4.88 Å². The quantitative estimate of drug-likeness (QED) is 0.925. The predicted molar refractivity (Wildman–Crippen MR) is 88.2 cm³/mol. The van der Waals surface area contributed by atoms with Crippen LogP contribution < -0.4 is 5.32 Å². The van der Waals surface area contributed by atoms with Gasteiger partial charge in [0, 0.05) is 18.0 Å². The summed E-state index contributed by atoms with van der Waals surface area (Å²) in [5, 5.41) is 3.40. The van der Waals surface area contributed by atoms with Gasteiger partial charge in [-0.05, 0) is 57.3 Å². The number of nitrogens with one attached hydrogen (secondary N) is 1. The van der Waals surface area contributed by atoms with Gasteiger partial charge in [-0.1, -0.05) is 6.92 Å². The molecule has 1 aromatic heterocycles. The molecule has 0 atom stereocenters. The van der Waals surface area contributed by atoms with Crippen molar-refractivity contribution in [3.05, 3.63) is 21.4 Å². The van der Waals surface area contributed by atoms with Crippen LogP contribution in [0.25, 0.3) is 0 Å². The minimum atomic E-state index is 0. The maximum Gasteiger partial charge on any atom is 0.263 e. The second kappa shape index (κ2) is 8.01. The monoisotopic (exact) mass is 316 g/mol. The third-order valence-corrected chi connectivity index (χ3v) is 5.10. The zero-order chi connectivity index (χ0) is 13.8. The molecule has 0 aliphatic carbocycles. The number of likely N-dealkylation sites (tertiary alicyclic amines) is 1. The maximum atomic E-state index is 12.4. The van der Waals surface area contributed by atoms with E-state index >= 15 is 0 Å². The van der Waals surface area contributed by atoms with Crippen molar-refractivity contribution in [1.29, 1.82) is 0 Å². The van der Waals surface area contributed by atoms with E-state index in [4.69, 9.17) is 0 Å². The molecule has 1 aliphatic rings. The third kappa shape index (κ3) is 4.21. The van der Waals surface area contributed by atoms with Crippen LogP contribution in [0.3, 0.4) is 0 Å². The van der Waals surface area contributed by atoms with E-state index in [9.17, 15) is 4.79 Å². The van der Waals surface area contributed by atoms with Crippen molar-refractivity contribution in [3.63, 3.8) is 0 Å². The van der Waals surface area contributed by atoms with Gasteiger partial charge in [-0.2, -0.15) is 0 Å². The number of halogens is 1. The molecular formula is C15H25ClN2OS. The first-order valence-electron chi connectivity index (χ1n) is 7.18. The molecule has 1 aromatic rings. The molecule has 2 rings (SSSR count). The van der Waals surface area contributed by atoms with Gasteiger partial charge < -0.3 is 10.2 Å². The highest BCUT2D eigenvalue weighted by Crippen LogP contribution is 2.24. The molecule has 0 saturated carbocycles. The van der Waals surface area contributed by atoms with Crippen molar-refractivity contribution >= 4 is 29.7 Å². The molecule has 114 valence electrons. The van der Waals surface area contributed by atoms with E-state index < -0.39 is 0 Å². The van der Waals surface area contributed by atoms with Crippen LogP contribution in [0.2, 0.25) is 0 Å². The molecule has 5 heteroatoms. The lowest BCUT2D eigenvalue weighted by atomic mass is 9.96. The van der Waals surface area contributed by atoms with Crippen LogP contribution in [-0.2, 0) is 0 Å². The fraction of sp³-hybridized carbons (Fsp3) is 0.667.